The fourth-order valence-corrected chi connectivity index (χ4v) is 4.45. The summed E-state index contributed by atoms with van der Waals surface area (Å²) in [5.41, 5.74) is 2.24. The molecular weight excluding hydrogens is 486 g/mol. The average Bonchev–Trinajstić information content (AvgIpc) is 2.80. The molecule has 9 heteroatoms. The smallest absolute Gasteiger partial charge is 0.244 e. The van der Waals surface area contributed by atoms with Gasteiger partial charge in [0, 0.05) is 17.6 Å². The standard InChI is InChI=1S/C26H36ClN3O4S/c1-7-19(4)28-26(32)20(5)29(16-21-8-12-23(27)13-9-21)25(31)17-30(35(6,33)34)24-14-10-22(11-15-24)18(2)3/h8-15,18-20H,7,16-17H2,1-6H3,(H,28,32). The van der Waals surface area contributed by atoms with Crippen LogP contribution in [-0.4, -0.2) is 50.0 Å². The number of benzene rings is 2. The molecule has 2 aromatic rings. The molecule has 2 unspecified atom stereocenters. The van der Waals surface area contributed by atoms with Gasteiger partial charge in [0.15, 0.2) is 0 Å². The Morgan fingerprint density at radius 1 is 0.971 bits per heavy atom. The molecule has 0 aliphatic carbocycles. The first kappa shape index (κ1) is 28.7. The molecule has 2 rings (SSSR count). The number of amides is 2. The van der Waals surface area contributed by atoms with Crippen LogP contribution in [-0.2, 0) is 26.2 Å². The minimum Gasteiger partial charge on any atom is -0.352 e. The topological polar surface area (TPSA) is 86.8 Å². The summed E-state index contributed by atoms with van der Waals surface area (Å²) in [6, 6.07) is 13.2. The highest BCUT2D eigenvalue weighted by Gasteiger charge is 2.30. The van der Waals surface area contributed by atoms with E-state index in [4.69, 9.17) is 11.6 Å². The number of halogens is 1. The van der Waals surface area contributed by atoms with E-state index in [-0.39, 0.29) is 24.4 Å². The van der Waals surface area contributed by atoms with Crippen molar-refractivity contribution in [3.63, 3.8) is 0 Å². The highest BCUT2D eigenvalue weighted by atomic mass is 35.5. The van der Waals surface area contributed by atoms with Gasteiger partial charge in [0.2, 0.25) is 21.8 Å². The fraction of sp³-hybridized carbons (Fsp3) is 0.462. The molecule has 0 spiro atoms. The summed E-state index contributed by atoms with van der Waals surface area (Å²) >= 11 is 6.00. The van der Waals surface area contributed by atoms with Gasteiger partial charge in [0.25, 0.3) is 0 Å². The van der Waals surface area contributed by atoms with Crippen molar-refractivity contribution < 1.29 is 18.0 Å². The van der Waals surface area contributed by atoms with E-state index in [1.807, 2.05) is 39.8 Å². The monoisotopic (exact) mass is 521 g/mol. The summed E-state index contributed by atoms with van der Waals surface area (Å²) in [6.45, 7) is 9.31. The fourth-order valence-electron chi connectivity index (χ4n) is 3.47. The Hall–Kier alpha value is -2.58. The summed E-state index contributed by atoms with van der Waals surface area (Å²) in [7, 11) is -3.76. The van der Waals surface area contributed by atoms with Crippen molar-refractivity contribution in [1.82, 2.24) is 10.2 Å². The maximum Gasteiger partial charge on any atom is 0.244 e. The minimum absolute atomic E-state index is 0.0515. The largest absolute Gasteiger partial charge is 0.352 e. The second-order valence-corrected chi connectivity index (χ2v) is 11.5. The Kier molecular flexibility index (Phi) is 10.2. The van der Waals surface area contributed by atoms with Crippen molar-refractivity contribution in [2.24, 2.45) is 0 Å². The number of carbonyl (C=O) groups excluding carboxylic acids is 2. The lowest BCUT2D eigenvalue weighted by Gasteiger charge is -2.32. The zero-order valence-corrected chi connectivity index (χ0v) is 22.9. The predicted molar refractivity (Wildman–Crippen MR) is 142 cm³/mol. The van der Waals surface area contributed by atoms with Gasteiger partial charge in [-0.25, -0.2) is 8.42 Å². The lowest BCUT2D eigenvalue weighted by atomic mass is 10.0. The lowest BCUT2D eigenvalue weighted by Crippen LogP contribution is -2.52. The zero-order valence-electron chi connectivity index (χ0n) is 21.3. The zero-order chi connectivity index (χ0) is 26.3. The molecule has 0 bridgehead atoms. The number of carbonyl (C=O) groups is 2. The van der Waals surface area contributed by atoms with E-state index in [1.165, 1.54) is 4.90 Å². The molecule has 0 saturated carbocycles. The van der Waals surface area contributed by atoms with E-state index in [9.17, 15) is 18.0 Å². The number of hydrogen-bond acceptors (Lipinski definition) is 4. The molecule has 0 fully saturated rings. The van der Waals surface area contributed by atoms with E-state index in [0.717, 1.165) is 28.1 Å². The van der Waals surface area contributed by atoms with Crippen molar-refractivity contribution in [3.8, 4) is 0 Å². The Bertz CT molecular complexity index is 1100. The van der Waals surface area contributed by atoms with Crippen molar-refractivity contribution >= 4 is 39.1 Å². The molecule has 192 valence electrons. The molecule has 35 heavy (non-hydrogen) atoms. The van der Waals surface area contributed by atoms with Gasteiger partial charge in [-0.15, -0.1) is 0 Å². The summed E-state index contributed by atoms with van der Waals surface area (Å²) in [6.07, 6.45) is 1.82. The first-order valence-electron chi connectivity index (χ1n) is 11.7. The maximum absolute atomic E-state index is 13.5. The number of rotatable bonds is 11. The van der Waals surface area contributed by atoms with E-state index in [0.29, 0.717) is 10.7 Å². The van der Waals surface area contributed by atoms with Crippen LogP contribution in [0.4, 0.5) is 5.69 Å². The van der Waals surface area contributed by atoms with Crippen LogP contribution in [0.3, 0.4) is 0 Å². The van der Waals surface area contributed by atoms with Crippen molar-refractivity contribution in [3.05, 3.63) is 64.7 Å². The minimum atomic E-state index is -3.76. The van der Waals surface area contributed by atoms with Gasteiger partial charge in [0.1, 0.15) is 12.6 Å². The Morgan fingerprint density at radius 3 is 2.03 bits per heavy atom. The van der Waals surface area contributed by atoms with Crippen LogP contribution >= 0.6 is 11.6 Å². The van der Waals surface area contributed by atoms with E-state index >= 15 is 0 Å². The molecule has 0 aromatic heterocycles. The van der Waals surface area contributed by atoms with Crippen molar-refractivity contribution in [1.29, 1.82) is 0 Å². The lowest BCUT2D eigenvalue weighted by molar-refractivity contribution is -0.139. The Balaban J connectivity index is 2.37. The molecule has 2 aromatic carbocycles. The van der Waals surface area contributed by atoms with Crippen molar-refractivity contribution in [2.75, 3.05) is 17.1 Å². The van der Waals surface area contributed by atoms with E-state index in [2.05, 4.69) is 5.32 Å². The van der Waals surface area contributed by atoms with Crippen LogP contribution in [0.15, 0.2) is 48.5 Å². The van der Waals surface area contributed by atoms with Gasteiger partial charge >= 0.3 is 0 Å². The normalized spacial score (nSPS) is 13.3. The molecule has 0 heterocycles. The average molecular weight is 522 g/mol. The molecule has 2 atom stereocenters. The van der Waals surface area contributed by atoms with Crippen molar-refractivity contribution in [2.45, 2.75) is 65.6 Å². The predicted octanol–water partition coefficient (Wildman–Crippen LogP) is 4.56. The molecule has 0 aliphatic rings. The molecule has 0 saturated heterocycles. The Morgan fingerprint density at radius 2 is 1.54 bits per heavy atom. The molecule has 0 radical (unpaired) electrons. The first-order valence-corrected chi connectivity index (χ1v) is 14.0. The van der Waals surface area contributed by atoms with Gasteiger partial charge in [-0.05, 0) is 61.6 Å². The third-order valence-corrected chi connectivity index (χ3v) is 7.35. The number of hydrogen-bond donors (Lipinski definition) is 1. The number of anilines is 1. The number of nitrogens with one attached hydrogen (secondary N) is 1. The van der Waals surface area contributed by atoms with Gasteiger partial charge in [-0.2, -0.15) is 0 Å². The summed E-state index contributed by atoms with van der Waals surface area (Å²) < 4.78 is 26.4. The number of nitrogens with zero attached hydrogens (tertiary/aromatic N) is 2. The second kappa shape index (κ2) is 12.4. The van der Waals surface area contributed by atoms with Crippen LogP contribution in [0.5, 0.6) is 0 Å². The van der Waals surface area contributed by atoms with Gasteiger partial charge in [-0.1, -0.05) is 56.6 Å². The summed E-state index contributed by atoms with van der Waals surface area (Å²) in [5, 5.41) is 3.46. The second-order valence-electron chi connectivity index (χ2n) is 9.16. The summed E-state index contributed by atoms with van der Waals surface area (Å²) in [5.74, 6) is -0.490. The van der Waals surface area contributed by atoms with E-state index < -0.39 is 28.5 Å². The Labute approximate surface area is 214 Å². The van der Waals surface area contributed by atoms with Crippen LogP contribution in [0, 0.1) is 0 Å². The van der Waals surface area contributed by atoms with E-state index in [1.54, 1.807) is 43.3 Å². The first-order chi connectivity index (χ1) is 16.3. The highest BCUT2D eigenvalue weighted by Crippen LogP contribution is 2.23. The van der Waals surface area contributed by atoms with Crippen LogP contribution < -0.4 is 9.62 Å². The quantitative estimate of drug-likeness (QED) is 0.469. The number of sulfonamides is 1. The SMILES string of the molecule is CCC(C)NC(=O)C(C)N(Cc1ccc(Cl)cc1)C(=O)CN(c1ccc(C(C)C)cc1)S(C)(=O)=O. The van der Waals surface area contributed by atoms with Gasteiger partial charge < -0.3 is 10.2 Å². The van der Waals surface area contributed by atoms with Gasteiger partial charge in [-0.3, -0.25) is 13.9 Å². The third kappa shape index (κ3) is 8.25. The maximum atomic E-state index is 13.5. The van der Waals surface area contributed by atoms with Crippen LogP contribution in [0.2, 0.25) is 5.02 Å². The summed E-state index contributed by atoms with van der Waals surface area (Å²) in [4.78, 5) is 27.8. The molecule has 2 amide bonds. The molecular formula is C26H36ClN3O4S. The molecule has 7 nitrogen and oxygen atoms in total. The third-order valence-electron chi connectivity index (χ3n) is 5.96. The van der Waals surface area contributed by atoms with Crippen LogP contribution in [0.1, 0.15) is 58.1 Å². The van der Waals surface area contributed by atoms with Gasteiger partial charge in [0.05, 0.1) is 11.9 Å². The highest BCUT2D eigenvalue weighted by molar-refractivity contribution is 7.92. The molecule has 0 aliphatic heterocycles. The molecule has 1 N–H and O–H groups in total. The van der Waals surface area contributed by atoms with Crippen LogP contribution in [0.25, 0.3) is 0 Å².